The van der Waals surface area contributed by atoms with Gasteiger partial charge in [-0.05, 0) is 35.1 Å². The molecule has 0 amide bonds. The van der Waals surface area contributed by atoms with Gasteiger partial charge in [-0.3, -0.25) is 0 Å². The van der Waals surface area contributed by atoms with Crippen LogP contribution in [0.1, 0.15) is 29.9 Å². The number of hydrogen-bond acceptors (Lipinski definition) is 0. The van der Waals surface area contributed by atoms with Gasteiger partial charge in [0.15, 0.2) is 0 Å². The van der Waals surface area contributed by atoms with Crippen LogP contribution in [0.3, 0.4) is 0 Å². The Balaban J connectivity index is 1.87. The minimum absolute atomic E-state index is 0.372. The van der Waals surface area contributed by atoms with Crippen LogP contribution in [-0.4, -0.2) is 0 Å². The van der Waals surface area contributed by atoms with E-state index in [4.69, 9.17) is 0 Å². The Kier molecular flexibility index (Phi) is 3.31. The lowest BCUT2D eigenvalue weighted by Gasteiger charge is -2.25. The number of rotatable bonds is 4. The van der Waals surface area contributed by atoms with Gasteiger partial charge in [0.2, 0.25) is 0 Å². The van der Waals surface area contributed by atoms with E-state index in [0.717, 1.165) is 12.8 Å². The molecule has 0 unspecified atom stereocenters. The van der Waals surface area contributed by atoms with Crippen LogP contribution in [0.15, 0.2) is 85.0 Å². The lowest BCUT2D eigenvalue weighted by Crippen LogP contribution is -2.11. The zero-order chi connectivity index (χ0) is 14.9. The van der Waals surface area contributed by atoms with E-state index in [2.05, 4.69) is 73.3 Å². The highest BCUT2D eigenvalue weighted by molar-refractivity contribution is 5.80. The second-order valence-corrected chi connectivity index (χ2v) is 5.95. The molecular formula is C22H19. The van der Waals surface area contributed by atoms with Gasteiger partial charge in [-0.15, -0.1) is 6.58 Å². The van der Waals surface area contributed by atoms with Gasteiger partial charge in [-0.2, -0.15) is 0 Å². The van der Waals surface area contributed by atoms with Crippen LogP contribution in [0.25, 0.3) is 11.1 Å². The summed E-state index contributed by atoms with van der Waals surface area (Å²) < 4.78 is 0. The van der Waals surface area contributed by atoms with E-state index in [1.54, 1.807) is 0 Å². The first-order chi connectivity index (χ1) is 10.9. The van der Waals surface area contributed by atoms with E-state index in [-0.39, 0.29) is 0 Å². The van der Waals surface area contributed by atoms with Crippen molar-refractivity contribution in [2.75, 3.05) is 0 Å². The molecule has 0 bridgehead atoms. The summed E-state index contributed by atoms with van der Waals surface area (Å²) in [4.78, 5) is 0. The van der Waals surface area contributed by atoms with Crippen molar-refractivity contribution in [1.82, 2.24) is 0 Å². The maximum absolute atomic E-state index is 3.99. The summed E-state index contributed by atoms with van der Waals surface area (Å²) in [5.41, 5.74) is 7.10. The van der Waals surface area contributed by atoms with Crippen molar-refractivity contribution in [3.63, 3.8) is 0 Å². The first kappa shape index (κ1) is 13.3. The third-order valence-corrected chi connectivity index (χ3v) is 4.73. The van der Waals surface area contributed by atoms with Crippen molar-refractivity contribution in [2.45, 2.75) is 18.8 Å². The summed E-state index contributed by atoms with van der Waals surface area (Å²) in [5.74, 6) is 1.87. The van der Waals surface area contributed by atoms with E-state index in [0.29, 0.717) is 5.92 Å². The quantitative estimate of drug-likeness (QED) is 0.619. The van der Waals surface area contributed by atoms with Crippen LogP contribution in [0.4, 0.5) is 0 Å². The Morgan fingerprint density at radius 2 is 1.64 bits per heavy atom. The molecule has 1 radical (unpaired) electrons. The Bertz CT molecular complexity index is 731. The fraction of sp³-hybridized carbons (Fsp3) is 0.136. The minimum Gasteiger partial charge on any atom is -0.103 e. The first-order valence-electron chi connectivity index (χ1n) is 7.91. The molecule has 0 saturated carbocycles. The number of benzene rings is 2. The minimum atomic E-state index is 0.372. The molecule has 0 fully saturated rings. The topological polar surface area (TPSA) is 0 Å². The molecular weight excluding hydrogens is 264 g/mol. The molecule has 2 aromatic rings. The third kappa shape index (κ3) is 1.99. The van der Waals surface area contributed by atoms with Crippen molar-refractivity contribution in [2.24, 2.45) is 0 Å². The smallest absolute Gasteiger partial charge is 0.0207 e. The third-order valence-electron chi connectivity index (χ3n) is 4.73. The van der Waals surface area contributed by atoms with E-state index in [9.17, 15) is 0 Å². The Morgan fingerprint density at radius 1 is 1.00 bits per heavy atom. The highest BCUT2D eigenvalue weighted by atomic mass is 14.4. The summed E-state index contributed by atoms with van der Waals surface area (Å²) >= 11 is 0. The van der Waals surface area contributed by atoms with Gasteiger partial charge in [-0.25, -0.2) is 0 Å². The second-order valence-electron chi connectivity index (χ2n) is 5.95. The highest BCUT2D eigenvalue weighted by Gasteiger charge is 2.35. The van der Waals surface area contributed by atoms with Crippen molar-refractivity contribution in [3.05, 3.63) is 102 Å². The largest absolute Gasteiger partial charge is 0.103 e. The van der Waals surface area contributed by atoms with Gasteiger partial charge >= 0.3 is 0 Å². The first-order valence-corrected chi connectivity index (χ1v) is 7.91. The zero-order valence-electron chi connectivity index (χ0n) is 12.6. The molecule has 0 atom stereocenters. The summed E-state index contributed by atoms with van der Waals surface area (Å²) in [6, 6.07) is 17.7. The number of hydrogen-bond donors (Lipinski definition) is 0. The van der Waals surface area contributed by atoms with Gasteiger partial charge in [0.25, 0.3) is 0 Å². The predicted molar refractivity (Wildman–Crippen MR) is 93.6 cm³/mol. The van der Waals surface area contributed by atoms with Crippen LogP contribution in [0, 0.1) is 5.92 Å². The standard InChI is InChI=1S/C22H19/c1-2-9-17(16-10-3-4-11-16)22-20-14-7-5-12-18(20)19-13-6-8-15-21(19)22/h2-8,10,12-15,22H,1,9,11H2. The molecule has 107 valence electrons. The van der Waals surface area contributed by atoms with Crippen LogP contribution in [0.5, 0.6) is 0 Å². The van der Waals surface area contributed by atoms with Crippen molar-refractivity contribution >= 4 is 0 Å². The molecule has 0 heteroatoms. The van der Waals surface area contributed by atoms with Crippen LogP contribution in [0.2, 0.25) is 0 Å². The van der Waals surface area contributed by atoms with Gasteiger partial charge in [0.05, 0.1) is 0 Å². The second kappa shape index (κ2) is 5.46. The SMILES string of the molecule is C=CC[C](C1=CC=CC1)C1c2ccccc2-c2ccccc21. The van der Waals surface area contributed by atoms with Crippen LogP contribution >= 0.6 is 0 Å². The molecule has 0 saturated heterocycles. The van der Waals surface area contributed by atoms with Gasteiger partial charge in [0.1, 0.15) is 0 Å². The maximum Gasteiger partial charge on any atom is 0.0207 e. The Labute approximate surface area is 132 Å². The molecule has 2 aliphatic rings. The lowest BCUT2D eigenvalue weighted by atomic mass is 9.77. The molecule has 4 rings (SSSR count). The van der Waals surface area contributed by atoms with Crippen LogP contribution < -0.4 is 0 Å². The molecule has 22 heavy (non-hydrogen) atoms. The number of allylic oxidation sites excluding steroid dienone is 5. The molecule has 0 N–H and O–H groups in total. The normalized spacial score (nSPS) is 15.8. The van der Waals surface area contributed by atoms with E-state index in [1.807, 2.05) is 6.08 Å². The van der Waals surface area contributed by atoms with E-state index in [1.165, 1.54) is 33.7 Å². The average Bonchev–Trinajstić information content (AvgIpc) is 3.20. The molecule has 0 heterocycles. The summed E-state index contributed by atoms with van der Waals surface area (Å²) in [5, 5.41) is 0. The van der Waals surface area contributed by atoms with Gasteiger partial charge < -0.3 is 0 Å². The summed E-state index contributed by atoms with van der Waals surface area (Å²) in [7, 11) is 0. The monoisotopic (exact) mass is 283 g/mol. The fourth-order valence-electron chi connectivity index (χ4n) is 3.81. The lowest BCUT2D eigenvalue weighted by molar-refractivity contribution is 0.798. The Hall–Kier alpha value is -2.34. The Morgan fingerprint density at radius 3 is 2.18 bits per heavy atom. The van der Waals surface area contributed by atoms with E-state index >= 15 is 0 Å². The highest BCUT2D eigenvalue weighted by Crippen LogP contribution is 2.52. The molecule has 0 aliphatic heterocycles. The number of fused-ring (bicyclic) bond motifs is 3. The average molecular weight is 283 g/mol. The maximum atomic E-state index is 3.99. The van der Waals surface area contributed by atoms with Crippen molar-refractivity contribution < 1.29 is 0 Å². The molecule has 0 nitrogen and oxygen atoms in total. The van der Waals surface area contributed by atoms with E-state index < -0.39 is 0 Å². The van der Waals surface area contributed by atoms with Gasteiger partial charge in [0, 0.05) is 11.8 Å². The summed E-state index contributed by atoms with van der Waals surface area (Å²) in [6.45, 7) is 3.99. The molecule has 0 aromatic heterocycles. The fourth-order valence-corrected chi connectivity index (χ4v) is 3.81. The molecule has 2 aliphatic carbocycles. The van der Waals surface area contributed by atoms with Crippen molar-refractivity contribution in [1.29, 1.82) is 0 Å². The molecule has 2 aromatic carbocycles. The molecule has 0 spiro atoms. The summed E-state index contributed by atoms with van der Waals surface area (Å²) in [6.07, 6.45) is 10.7. The van der Waals surface area contributed by atoms with Crippen molar-refractivity contribution in [3.8, 4) is 11.1 Å². The van der Waals surface area contributed by atoms with Crippen LogP contribution in [-0.2, 0) is 0 Å². The predicted octanol–water partition coefficient (Wildman–Crippen LogP) is 5.84. The zero-order valence-corrected chi connectivity index (χ0v) is 12.6. The van der Waals surface area contributed by atoms with Gasteiger partial charge in [-0.1, -0.05) is 78.4 Å².